The number of hydroxylamine groups is 2. The Kier molecular flexibility index (Phi) is 8.12. The molecule has 1 atom stereocenters. The molecule has 0 aliphatic heterocycles. The highest BCUT2D eigenvalue weighted by Gasteiger charge is 2.25. The fourth-order valence-corrected chi connectivity index (χ4v) is 2.66. The number of hydrogen-bond acceptors (Lipinski definition) is 7. The second kappa shape index (κ2) is 10.5. The first-order valence-corrected chi connectivity index (χ1v) is 9.56. The van der Waals surface area contributed by atoms with E-state index in [0.29, 0.717) is 17.2 Å². The number of aromatic nitrogens is 2. The summed E-state index contributed by atoms with van der Waals surface area (Å²) in [5.74, 6) is -1.16. The molecular weight excluding hydrogens is 364 g/mol. The largest absolute Gasteiger partial charge is 0.348 e. The number of aryl methyl sites for hydroxylation is 1. The van der Waals surface area contributed by atoms with Crippen LogP contribution in [0.25, 0.3) is 0 Å². The minimum Gasteiger partial charge on any atom is -0.348 e. The van der Waals surface area contributed by atoms with Gasteiger partial charge in [0.15, 0.2) is 0 Å². The number of carbonyl (C=O) groups excluding carboxylic acids is 3. The van der Waals surface area contributed by atoms with Gasteiger partial charge in [-0.15, -0.1) is 0 Å². The van der Waals surface area contributed by atoms with Gasteiger partial charge in [0.25, 0.3) is 5.91 Å². The maximum atomic E-state index is 12.5. The Balaban J connectivity index is 1.96. The number of hydrogen-bond donors (Lipinski definition) is 4. The van der Waals surface area contributed by atoms with Gasteiger partial charge < -0.3 is 5.32 Å². The molecule has 1 fully saturated rings. The van der Waals surface area contributed by atoms with Gasteiger partial charge in [-0.2, -0.15) is 0 Å². The molecule has 4 N–H and O–H groups in total. The maximum absolute atomic E-state index is 12.5. The summed E-state index contributed by atoms with van der Waals surface area (Å²) >= 11 is 0. The molecule has 0 aromatic carbocycles. The Morgan fingerprint density at radius 2 is 2.11 bits per heavy atom. The van der Waals surface area contributed by atoms with Gasteiger partial charge in [0, 0.05) is 11.7 Å². The summed E-state index contributed by atoms with van der Waals surface area (Å²) in [5.41, 5.74) is 5.92. The molecule has 10 heteroatoms. The number of hydrazine groups is 1. The Hall–Kier alpha value is -2.75. The van der Waals surface area contributed by atoms with E-state index >= 15 is 0 Å². The molecule has 10 nitrogen and oxygen atoms in total. The molecule has 1 aromatic heterocycles. The topological polar surface area (TPSA) is 137 Å². The number of carbonyl (C=O) groups is 3. The summed E-state index contributed by atoms with van der Waals surface area (Å²) in [6.07, 6.45) is 5.47. The van der Waals surface area contributed by atoms with Crippen LogP contribution in [0.3, 0.4) is 0 Å². The lowest BCUT2D eigenvalue weighted by molar-refractivity contribution is -0.154. The van der Waals surface area contributed by atoms with Crippen LogP contribution < -0.4 is 16.2 Å². The number of amides is 3. The van der Waals surface area contributed by atoms with E-state index in [1.807, 2.05) is 6.92 Å². The van der Waals surface area contributed by atoms with Crippen molar-refractivity contribution in [2.24, 2.45) is 5.92 Å². The average Bonchev–Trinajstić information content (AvgIpc) is 3.48. The van der Waals surface area contributed by atoms with Crippen molar-refractivity contribution in [1.82, 2.24) is 25.8 Å². The van der Waals surface area contributed by atoms with Gasteiger partial charge in [-0.3, -0.25) is 30.4 Å². The highest BCUT2D eigenvalue weighted by molar-refractivity contribution is 5.93. The summed E-state index contributed by atoms with van der Waals surface area (Å²) in [4.78, 5) is 43.6. The normalized spacial score (nSPS) is 14.1. The number of anilines is 1. The van der Waals surface area contributed by atoms with Crippen molar-refractivity contribution in [1.29, 1.82) is 0 Å². The van der Waals surface area contributed by atoms with E-state index in [1.54, 1.807) is 13.0 Å². The second-order valence-corrected chi connectivity index (χ2v) is 7.00. The Morgan fingerprint density at radius 1 is 1.36 bits per heavy atom. The molecule has 1 unspecified atom stereocenters. The van der Waals surface area contributed by atoms with E-state index in [-0.39, 0.29) is 36.5 Å². The van der Waals surface area contributed by atoms with Crippen LogP contribution in [-0.4, -0.2) is 51.0 Å². The molecule has 0 saturated heterocycles. The predicted molar refractivity (Wildman–Crippen MR) is 101 cm³/mol. The van der Waals surface area contributed by atoms with Crippen molar-refractivity contribution in [3.05, 3.63) is 17.5 Å². The van der Waals surface area contributed by atoms with Crippen LogP contribution in [0.1, 0.15) is 61.6 Å². The van der Waals surface area contributed by atoms with Crippen molar-refractivity contribution in [3.63, 3.8) is 0 Å². The van der Waals surface area contributed by atoms with Gasteiger partial charge in [0.05, 0.1) is 12.5 Å². The third-order valence-corrected chi connectivity index (χ3v) is 4.35. The molecule has 1 saturated carbocycles. The van der Waals surface area contributed by atoms with Crippen LogP contribution in [0.5, 0.6) is 0 Å². The van der Waals surface area contributed by atoms with Gasteiger partial charge in [-0.05, 0) is 32.3 Å². The van der Waals surface area contributed by atoms with Crippen LogP contribution in [0.15, 0.2) is 6.07 Å². The molecule has 0 radical (unpaired) electrons. The van der Waals surface area contributed by atoms with E-state index in [1.165, 1.54) is 0 Å². The van der Waals surface area contributed by atoms with E-state index in [0.717, 1.165) is 32.1 Å². The lowest BCUT2D eigenvalue weighted by Crippen LogP contribution is -2.40. The molecule has 2 rings (SSSR count). The summed E-state index contributed by atoms with van der Waals surface area (Å²) in [6, 6.07) is 1.79. The van der Waals surface area contributed by atoms with Crippen molar-refractivity contribution in [3.8, 4) is 0 Å². The first kappa shape index (κ1) is 21.5. The van der Waals surface area contributed by atoms with Crippen LogP contribution in [0.4, 0.5) is 5.95 Å². The highest BCUT2D eigenvalue weighted by atomic mass is 16.5. The van der Waals surface area contributed by atoms with Crippen LogP contribution >= 0.6 is 0 Å². The van der Waals surface area contributed by atoms with Crippen molar-refractivity contribution in [2.75, 3.05) is 12.0 Å². The average molecular weight is 392 g/mol. The van der Waals surface area contributed by atoms with Gasteiger partial charge in [-0.25, -0.2) is 15.0 Å². The quantitative estimate of drug-likeness (QED) is 0.181. The van der Waals surface area contributed by atoms with Gasteiger partial charge in [0.2, 0.25) is 18.3 Å². The second-order valence-electron chi connectivity index (χ2n) is 7.00. The summed E-state index contributed by atoms with van der Waals surface area (Å²) in [6.45, 7) is 3.67. The van der Waals surface area contributed by atoms with Crippen molar-refractivity contribution in [2.45, 2.75) is 58.4 Å². The smallest absolute Gasteiger partial charge is 0.270 e. The van der Waals surface area contributed by atoms with E-state index in [4.69, 9.17) is 0 Å². The Bertz CT molecular complexity index is 695. The molecule has 1 aliphatic carbocycles. The number of unbranched alkanes of at least 4 members (excludes halogenated alkanes) is 2. The van der Waals surface area contributed by atoms with Crippen LogP contribution in [0.2, 0.25) is 0 Å². The third-order valence-electron chi connectivity index (χ3n) is 4.35. The molecule has 154 valence electrons. The monoisotopic (exact) mass is 392 g/mol. The lowest BCUT2D eigenvalue weighted by Gasteiger charge is -2.19. The lowest BCUT2D eigenvalue weighted by atomic mass is 10.0. The Labute approximate surface area is 164 Å². The summed E-state index contributed by atoms with van der Waals surface area (Å²) < 4.78 is 0. The van der Waals surface area contributed by atoms with Gasteiger partial charge in [0.1, 0.15) is 5.69 Å². The third kappa shape index (κ3) is 7.10. The molecule has 3 amide bonds. The minimum atomic E-state index is -0.586. The molecular formula is C18H28N6O4. The zero-order valence-corrected chi connectivity index (χ0v) is 16.3. The first-order valence-electron chi connectivity index (χ1n) is 9.56. The van der Waals surface area contributed by atoms with Gasteiger partial charge in [-0.1, -0.05) is 26.2 Å². The minimum absolute atomic E-state index is 0.0952. The molecule has 0 bridgehead atoms. The van der Waals surface area contributed by atoms with Crippen molar-refractivity contribution >= 4 is 24.2 Å². The van der Waals surface area contributed by atoms with Crippen LogP contribution in [0, 0.1) is 12.8 Å². The zero-order valence-electron chi connectivity index (χ0n) is 16.3. The molecule has 0 spiro atoms. The number of nitrogens with zero attached hydrogens (tertiary/aromatic N) is 3. The molecule has 28 heavy (non-hydrogen) atoms. The van der Waals surface area contributed by atoms with E-state index < -0.39 is 11.8 Å². The Morgan fingerprint density at radius 3 is 2.75 bits per heavy atom. The van der Waals surface area contributed by atoms with Gasteiger partial charge >= 0.3 is 0 Å². The highest BCUT2D eigenvalue weighted by Crippen LogP contribution is 2.19. The summed E-state index contributed by atoms with van der Waals surface area (Å²) in [5, 5.41) is 12.7. The predicted octanol–water partition coefficient (Wildman–Crippen LogP) is 1.16. The summed E-state index contributed by atoms with van der Waals surface area (Å²) in [7, 11) is 0. The zero-order chi connectivity index (χ0) is 20.5. The van der Waals surface area contributed by atoms with E-state index in [9.17, 15) is 19.6 Å². The maximum Gasteiger partial charge on any atom is 0.270 e. The SMILES string of the molecule is CCCCCC(CN(O)C=O)C(=O)NNc1nc(C)cc(C(=O)NC2CC2)n1. The van der Waals surface area contributed by atoms with E-state index in [2.05, 4.69) is 26.1 Å². The fraction of sp³-hybridized carbons (Fsp3) is 0.611. The molecule has 1 aliphatic rings. The fourth-order valence-electron chi connectivity index (χ4n) is 2.66. The van der Waals surface area contributed by atoms with Crippen molar-refractivity contribution < 1.29 is 19.6 Å². The molecule has 1 heterocycles. The number of nitrogens with one attached hydrogen (secondary N) is 3. The molecule has 1 aromatic rings. The first-order chi connectivity index (χ1) is 13.4. The number of rotatable bonds is 12. The standard InChI is InChI=1S/C18H28N6O4/c1-3-4-5-6-13(10-24(28)11-25)16(26)22-23-18-19-12(2)9-15(21-18)17(27)20-14-7-8-14/h9,11,13-14,28H,3-8,10H2,1-2H3,(H,20,27)(H,22,26)(H,19,21,23). The van der Waals surface area contributed by atoms with Crippen LogP contribution in [-0.2, 0) is 9.59 Å².